The lowest BCUT2D eigenvalue weighted by atomic mass is 9.76. The van der Waals surface area contributed by atoms with Crippen LogP contribution in [0.2, 0.25) is 0 Å². The average molecular weight is 837 g/mol. The minimum atomic E-state index is -0.409. The Balaban J connectivity index is 1.05. The van der Waals surface area contributed by atoms with Gasteiger partial charge in [0.2, 0.25) is 11.5 Å². The number of carbonyl (C=O) groups is 3. The molecule has 1 unspecified atom stereocenters. The molecule has 324 valence electrons. The molecule has 1 atom stereocenters. The molecule has 0 N–H and O–H groups in total. The van der Waals surface area contributed by atoms with Crippen molar-refractivity contribution in [2.45, 2.75) is 64.0 Å². The molecule has 0 saturated carbocycles. The molecule has 0 spiro atoms. The van der Waals surface area contributed by atoms with Gasteiger partial charge >= 0.3 is 5.97 Å². The maximum Gasteiger partial charge on any atom is 0.311 e. The predicted molar refractivity (Wildman–Crippen MR) is 228 cm³/mol. The summed E-state index contributed by atoms with van der Waals surface area (Å²) < 4.78 is 41.4. The van der Waals surface area contributed by atoms with E-state index in [1.807, 2.05) is 64.9 Å². The monoisotopic (exact) mass is 836 g/mol. The van der Waals surface area contributed by atoms with Crippen molar-refractivity contribution in [2.24, 2.45) is 5.92 Å². The highest BCUT2D eigenvalue weighted by Gasteiger charge is 2.43. The first-order valence-electron chi connectivity index (χ1n) is 21.0. The highest BCUT2D eigenvalue weighted by Crippen LogP contribution is 2.44. The molecule has 2 aromatic heterocycles. The number of carbonyl (C=O) groups excluding carboxylic acids is 3. The number of amides is 1. The first-order valence-corrected chi connectivity index (χ1v) is 21.0. The van der Waals surface area contributed by atoms with E-state index in [0.717, 1.165) is 67.7 Å². The topological polar surface area (TPSA) is 144 Å². The molecular weight excluding hydrogens is 781 g/mol. The van der Waals surface area contributed by atoms with Gasteiger partial charge in [0.25, 0.3) is 5.91 Å². The Bertz CT molecular complexity index is 2270. The van der Waals surface area contributed by atoms with Gasteiger partial charge in [-0.25, -0.2) is 4.98 Å². The maximum atomic E-state index is 14.3. The fraction of sp³-hybridized carbons (Fsp3) is 0.447. The van der Waals surface area contributed by atoms with E-state index in [1.54, 1.807) is 32.6 Å². The van der Waals surface area contributed by atoms with Gasteiger partial charge in [0, 0.05) is 43.0 Å². The molecule has 7 rings (SSSR count). The van der Waals surface area contributed by atoms with Gasteiger partial charge in [-0.3, -0.25) is 14.4 Å². The molecule has 2 aliphatic rings. The van der Waals surface area contributed by atoms with Crippen molar-refractivity contribution in [1.29, 1.82) is 0 Å². The number of nitrogens with zero attached hydrogens (tertiary/aromatic N) is 4. The molecule has 0 radical (unpaired) electrons. The number of imidazole rings is 1. The second-order valence-corrected chi connectivity index (χ2v) is 15.7. The lowest BCUT2D eigenvalue weighted by Crippen LogP contribution is -2.41. The molecule has 4 heterocycles. The standard InChI is InChI=1S/C47H56N4O10/c1-6-10-42(52)61-44-40(57-4)27-33(28-41(44)58-5)46(54)50-23-19-47(31-50,34-14-15-38(55-2)39(29-34)56-3)18-22-49-20-16-32(17-21-49)43(53)45-48-36-12-7-8-13-37(36)51(45)24-26-59-30-35-11-9-25-60-35/h7-9,11-15,25,27-29,32H,6,10,16-24,26,30-31H2,1-5H3. The number of esters is 1. The number of aromatic nitrogens is 2. The molecule has 61 heavy (non-hydrogen) atoms. The van der Waals surface area contributed by atoms with E-state index in [1.165, 1.54) is 14.2 Å². The maximum absolute atomic E-state index is 14.3. The number of rotatable bonds is 19. The Morgan fingerprint density at radius 1 is 0.836 bits per heavy atom. The van der Waals surface area contributed by atoms with Crippen LogP contribution in [0.4, 0.5) is 0 Å². The summed E-state index contributed by atoms with van der Waals surface area (Å²) in [4.78, 5) is 50.0. The van der Waals surface area contributed by atoms with Gasteiger partial charge in [-0.05, 0) is 106 Å². The number of furan rings is 1. The number of para-hydroxylation sites is 2. The van der Waals surface area contributed by atoms with E-state index in [2.05, 4.69) is 11.0 Å². The molecule has 0 bridgehead atoms. The first-order chi connectivity index (χ1) is 29.7. The number of benzene rings is 3. The van der Waals surface area contributed by atoms with E-state index >= 15 is 0 Å². The van der Waals surface area contributed by atoms with Crippen molar-refractivity contribution in [2.75, 3.05) is 67.8 Å². The molecule has 14 nitrogen and oxygen atoms in total. The SMILES string of the molecule is CCCC(=O)Oc1c(OC)cc(C(=O)N2CCC(CCN3CCC(C(=O)c4nc5ccccc5n4CCOCc4ccco4)CC3)(c3ccc(OC)c(OC)c3)C2)cc1OC. The Kier molecular flexibility index (Phi) is 13.9. The summed E-state index contributed by atoms with van der Waals surface area (Å²) in [6, 6.07) is 20.8. The molecule has 2 fully saturated rings. The Morgan fingerprint density at radius 2 is 1.57 bits per heavy atom. The van der Waals surface area contributed by atoms with E-state index < -0.39 is 11.4 Å². The van der Waals surface area contributed by atoms with Crippen molar-refractivity contribution < 1.29 is 47.2 Å². The third-order valence-corrected chi connectivity index (χ3v) is 12.0. The van der Waals surface area contributed by atoms with Crippen LogP contribution >= 0.6 is 0 Å². The number of piperidine rings is 1. The van der Waals surface area contributed by atoms with Gasteiger partial charge in [0.1, 0.15) is 12.4 Å². The van der Waals surface area contributed by atoms with Crippen molar-refractivity contribution in [1.82, 2.24) is 19.4 Å². The predicted octanol–water partition coefficient (Wildman–Crippen LogP) is 7.35. The number of ketones is 1. The molecule has 1 amide bonds. The third kappa shape index (κ3) is 9.55. The number of methoxy groups -OCH3 is 4. The highest BCUT2D eigenvalue weighted by molar-refractivity contribution is 5.98. The number of hydrogen-bond donors (Lipinski definition) is 0. The summed E-state index contributed by atoms with van der Waals surface area (Å²) in [5, 5.41) is 0. The molecule has 14 heteroatoms. The number of hydrogen-bond acceptors (Lipinski definition) is 12. The zero-order chi connectivity index (χ0) is 42.9. The quantitative estimate of drug-likeness (QED) is 0.0355. The normalized spacial score (nSPS) is 17.1. The van der Waals surface area contributed by atoms with Crippen LogP contribution in [0, 0.1) is 5.92 Å². The number of Topliss-reactive ketones (excluding diaryl/α,β-unsaturated/α-hetero) is 1. The van der Waals surface area contributed by atoms with Crippen LogP contribution in [0.25, 0.3) is 11.0 Å². The van der Waals surface area contributed by atoms with Crippen LogP contribution in [0.1, 0.15) is 77.7 Å². The largest absolute Gasteiger partial charge is 0.493 e. The molecule has 2 aliphatic heterocycles. The van der Waals surface area contributed by atoms with Gasteiger partial charge in [0.05, 0.1) is 52.3 Å². The molecular formula is C47H56N4O10. The Labute approximate surface area is 356 Å². The highest BCUT2D eigenvalue weighted by atomic mass is 16.6. The lowest BCUT2D eigenvalue weighted by molar-refractivity contribution is -0.134. The summed E-state index contributed by atoms with van der Waals surface area (Å²) in [6.07, 6.45) is 5.44. The molecule has 3 aromatic carbocycles. The Morgan fingerprint density at radius 3 is 2.26 bits per heavy atom. The number of fused-ring (bicyclic) bond motifs is 1. The zero-order valence-electron chi connectivity index (χ0n) is 35.8. The van der Waals surface area contributed by atoms with Crippen LogP contribution in [0.3, 0.4) is 0 Å². The molecule has 5 aromatic rings. The second-order valence-electron chi connectivity index (χ2n) is 15.7. The fourth-order valence-corrected chi connectivity index (χ4v) is 8.64. The van der Waals surface area contributed by atoms with Gasteiger partial charge in [0.15, 0.2) is 28.8 Å². The van der Waals surface area contributed by atoms with Gasteiger partial charge in [-0.1, -0.05) is 25.1 Å². The van der Waals surface area contributed by atoms with Crippen LogP contribution in [0.15, 0.2) is 77.4 Å². The minimum Gasteiger partial charge on any atom is -0.493 e. The summed E-state index contributed by atoms with van der Waals surface area (Å²) in [6.45, 7) is 6.47. The summed E-state index contributed by atoms with van der Waals surface area (Å²) in [5.74, 6) is 2.45. The number of likely N-dealkylation sites (tertiary alicyclic amines) is 2. The van der Waals surface area contributed by atoms with Crippen molar-refractivity contribution in [3.63, 3.8) is 0 Å². The zero-order valence-corrected chi connectivity index (χ0v) is 35.8. The second kappa shape index (κ2) is 19.7. The summed E-state index contributed by atoms with van der Waals surface area (Å²) in [7, 11) is 6.18. The van der Waals surface area contributed by atoms with Gasteiger partial charge in [-0.2, -0.15) is 0 Å². The lowest BCUT2D eigenvalue weighted by Gasteiger charge is -2.36. The van der Waals surface area contributed by atoms with E-state index in [0.29, 0.717) is 62.2 Å². The van der Waals surface area contributed by atoms with Crippen molar-refractivity contribution in [3.8, 4) is 28.7 Å². The van der Waals surface area contributed by atoms with Gasteiger partial charge < -0.3 is 47.2 Å². The van der Waals surface area contributed by atoms with Crippen LogP contribution in [-0.2, 0) is 28.1 Å². The van der Waals surface area contributed by atoms with Crippen LogP contribution < -0.4 is 23.7 Å². The molecule has 2 saturated heterocycles. The van der Waals surface area contributed by atoms with Crippen molar-refractivity contribution in [3.05, 3.63) is 95.7 Å². The van der Waals surface area contributed by atoms with Crippen molar-refractivity contribution >= 4 is 28.7 Å². The molecule has 0 aliphatic carbocycles. The average Bonchev–Trinajstić information content (AvgIpc) is 4.07. The van der Waals surface area contributed by atoms with Crippen LogP contribution in [0.5, 0.6) is 28.7 Å². The number of ether oxygens (including phenoxy) is 6. The third-order valence-electron chi connectivity index (χ3n) is 12.0. The first kappa shape index (κ1) is 43.2. The minimum absolute atomic E-state index is 0.0639. The van der Waals surface area contributed by atoms with Crippen LogP contribution in [-0.4, -0.2) is 105 Å². The summed E-state index contributed by atoms with van der Waals surface area (Å²) >= 11 is 0. The van der Waals surface area contributed by atoms with E-state index in [4.69, 9.17) is 37.8 Å². The van der Waals surface area contributed by atoms with Gasteiger partial charge in [-0.15, -0.1) is 0 Å². The summed E-state index contributed by atoms with van der Waals surface area (Å²) in [5.41, 5.74) is 2.75. The van der Waals surface area contributed by atoms with E-state index in [-0.39, 0.29) is 41.3 Å². The smallest absolute Gasteiger partial charge is 0.311 e. The van der Waals surface area contributed by atoms with E-state index in [9.17, 15) is 14.4 Å². The Hall–Kier alpha value is -5.86. The fourth-order valence-electron chi connectivity index (χ4n) is 8.64.